The summed E-state index contributed by atoms with van der Waals surface area (Å²) in [7, 11) is -3.59. The second-order valence-corrected chi connectivity index (χ2v) is 7.93. The van der Waals surface area contributed by atoms with E-state index in [1.807, 2.05) is 54.6 Å². The summed E-state index contributed by atoms with van der Waals surface area (Å²) < 4.78 is 28.4. The van der Waals surface area contributed by atoms with Crippen molar-refractivity contribution in [3.63, 3.8) is 0 Å². The van der Waals surface area contributed by atoms with Gasteiger partial charge in [0.25, 0.3) is 10.0 Å². The minimum atomic E-state index is -3.59. The third-order valence-electron chi connectivity index (χ3n) is 4.53. The molecule has 4 nitrogen and oxygen atoms in total. The van der Waals surface area contributed by atoms with Gasteiger partial charge in [0.15, 0.2) is 0 Å². The van der Waals surface area contributed by atoms with Crippen LogP contribution in [0, 0.1) is 0 Å². The summed E-state index contributed by atoms with van der Waals surface area (Å²) >= 11 is 0. The molecule has 0 fully saturated rings. The number of nitrogens with zero attached hydrogens (tertiary/aromatic N) is 1. The summed E-state index contributed by atoms with van der Waals surface area (Å²) in [5, 5.41) is 1.74. The summed E-state index contributed by atoms with van der Waals surface area (Å²) in [6.07, 6.45) is 8.19. The Morgan fingerprint density at radius 1 is 0.885 bits per heavy atom. The van der Waals surface area contributed by atoms with Crippen molar-refractivity contribution in [1.82, 2.24) is 4.98 Å². The van der Waals surface area contributed by atoms with Gasteiger partial charge in [-0.3, -0.25) is 9.71 Å². The van der Waals surface area contributed by atoms with Gasteiger partial charge in [-0.25, -0.2) is 8.42 Å². The molecular weight excluding hydrogens is 344 g/mol. The average Bonchev–Trinajstić information content (AvgIpc) is 2.69. The molecule has 0 aliphatic heterocycles. The molecule has 1 aliphatic carbocycles. The average molecular weight is 362 g/mol. The zero-order valence-corrected chi connectivity index (χ0v) is 14.9. The van der Waals surface area contributed by atoms with E-state index >= 15 is 0 Å². The molecule has 1 aromatic heterocycles. The Morgan fingerprint density at radius 3 is 2.50 bits per heavy atom. The number of pyridine rings is 1. The van der Waals surface area contributed by atoms with E-state index in [2.05, 4.69) is 9.71 Å². The molecule has 1 aliphatic rings. The number of benzene rings is 2. The van der Waals surface area contributed by atoms with Gasteiger partial charge in [0, 0.05) is 23.2 Å². The van der Waals surface area contributed by atoms with Crippen LogP contribution < -0.4 is 4.72 Å². The standard InChI is InChI=1S/C21H18N2O2S/c24-26(25,23-21-8-4-7-18-15-22-14-13-20(18)21)19-11-9-17(10-12-19)16-5-2-1-3-6-16/h1-9,11,13-15,23H,10,12H2. The molecule has 130 valence electrons. The third-order valence-corrected chi connectivity index (χ3v) is 6.05. The highest BCUT2D eigenvalue weighted by atomic mass is 32.2. The lowest BCUT2D eigenvalue weighted by Gasteiger charge is -2.17. The van der Waals surface area contributed by atoms with Crippen molar-refractivity contribution in [2.75, 3.05) is 4.72 Å². The van der Waals surface area contributed by atoms with Crippen molar-refractivity contribution in [3.05, 3.63) is 89.6 Å². The lowest BCUT2D eigenvalue weighted by Crippen LogP contribution is -2.16. The van der Waals surface area contributed by atoms with Crippen LogP contribution in [0.15, 0.2) is 84.0 Å². The van der Waals surface area contributed by atoms with Crippen LogP contribution in [0.1, 0.15) is 18.4 Å². The first-order valence-electron chi connectivity index (χ1n) is 8.44. The van der Waals surface area contributed by atoms with E-state index in [4.69, 9.17) is 0 Å². The number of fused-ring (bicyclic) bond motifs is 1. The number of anilines is 1. The number of allylic oxidation sites excluding steroid dienone is 4. The molecule has 4 rings (SSSR count). The smallest absolute Gasteiger partial charge is 0.258 e. The molecule has 0 unspecified atom stereocenters. The Bertz CT molecular complexity index is 1110. The van der Waals surface area contributed by atoms with E-state index in [0.29, 0.717) is 23.4 Å². The van der Waals surface area contributed by atoms with Crippen LogP contribution in [0.5, 0.6) is 0 Å². The fourth-order valence-electron chi connectivity index (χ4n) is 3.16. The maximum absolute atomic E-state index is 12.8. The molecule has 3 aromatic rings. The van der Waals surface area contributed by atoms with Gasteiger partial charge in [0.05, 0.1) is 10.6 Å². The number of hydrogen-bond acceptors (Lipinski definition) is 3. The molecule has 0 bridgehead atoms. The van der Waals surface area contributed by atoms with Gasteiger partial charge in [-0.05, 0) is 42.2 Å². The fourth-order valence-corrected chi connectivity index (χ4v) is 4.37. The van der Waals surface area contributed by atoms with Gasteiger partial charge in [0.1, 0.15) is 0 Å². The monoisotopic (exact) mass is 362 g/mol. The fraction of sp³-hybridized carbons (Fsp3) is 0.0952. The Kier molecular flexibility index (Phi) is 4.31. The lowest BCUT2D eigenvalue weighted by molar-refractivity contribution is 0.605. The predicted molar refractivity (Wildman–Crippen MR) is 106 cm³/mol. The molecule has 1 N–H and O–H groups in total. The molecule has 5 heteroatoms. The minimum Gasteiger partial charge on any atom is -0.279 e. The molecule has 0 radical (unpaired) electrons. The highest BCUT2D eigenvalue weighted by Crippen LogP contribution is 2.31. The second kappa shape index (κ2) is 6.77. The summed E-state index contributed by atoms with van der Waals surface area (Å²) in [5.41, 5.74) is 2.86. The second-order valence-electron chi connectivity index (χ2n) is 6.20. The van der Waals surface area contributed by atoms with E-state index in [9.17, 15) is 8.42 Å². The van der Waals surface area contributed by atoms with Crippen molar-refractivity contribution >= 4 is 32.1 Å². The first-order chi connectivity index (χ1) is 12.6. The van der Waals surface area contributed by atoms with Gasteiger partial charge in [-0.15, -0.1) is 0 Å². The van der Waals surface area contributed by atoms with Gasteiger partial charge in [-0.2, -0.15) is 0 Å². The number of rotatable bonds is 4. The maximum Gasteiger partial charge on any atom is 0.258 e. The van der Waals surface area contributed by atoms with Crippen molar-refractivity contribution in [2.45, 2.75) is 12.8 Å². The normalized spacial score (nSPS) is 14.6. The first-order valence-corrected chi connectivity index (χ1v) is 9.92. The van der Waals surface area contributed by atoms with Gasteiger partial charge < -0.3 is 0 Å². The zero-order valence-electron chi connectivity index (χ0n) is 14.1. The lowest BCUT2D eigenvalue weighted by atomic mass is 9.97. The Hall–Kier alpha value is -2.92. The minimum absolute atomic E-state index is 0.406. The van der Waals surface area contributed by atoms with Crippen molar-refractivity contribution < 1.29 is 8.42 Å². The first kappa shape index (κ1) is 16.5. The van der Waals surface area contributed by atoms with Gasteiger partial charge in [-0.1, -0.05) is 48.5 Å². The zero-order chi connectivity index (χ0) is 18.0. The summed E-state index contributed by atoms with van der Waals surface area (Å²) in [6.45, 7) is 0. The molecule has 0 amide bonds. The molecule has 0 atom stereocenters. The van der Waals surface area contributed by atoms with E-state index in [1.165, 1.54) is 0 Å². The summed E-state index contributed by atoms with van der Waals surface area (Å²) in [4.78, 5) is 4.49. The molecular formula is C21H18N2O2S. The molecule has 2 aromatic carbocycles. The van der Waals surface area contributed by atoms with Crippen LogP contribution in [0.25, 0.3) is 16.3 Å². The number of nitrogens with one attached hydrogen (secondary N) is 1. The van der Waals surface area contributed by atoms with Crippen molar-refractivity contribution in [1.29, 1.82) is 0 Å². The van der Waals surface area contributed by atoms with Crippen LogP contribution in [-0.2, 0) is 10.0 Å². The third kappa shape index (κ3) is 3.26. The van der Waals surface area contributed by atoms with Crippen LogP contribution in [0.3, 0.4) is 0 Å². The number of aromatic nitrogens is 1. The topological polar surface area (TPSA) is 59.1 Å². The molecule has 0 saturated carbocycles. The summed E-state index contributed by atoms with van der Waals surface area (Å²) in [6, 6.07) is 17.4. The Labute approximate surface area is 153 Å². The molecule has 26 heavy (non-hydrogen) atoms. The van der Waals surface area contributed by atoms with Crippen molar-refractivity contribution in [2.24, 2.45) is 0 Å². The number of hydrogen-bond donors (Lipinski definition) is 1. The van der Waals surface area contributed by atoms with E-state index < -0.39 is 10.0 Å². The van der Waals surface area contributed by atoms with Crippen LogP contribution in [0.2, 0.25) is 0 Å². The predicted octanol–water partition coefficient (Wildman–Crippen LogP) is 4.74. The van der Waals surface area contributed by atoms with E-state index in [0.717, 1.165) is 21.9 Å². The highest BCUT2D eigenvalue weighted by Gasteiger charge is 2.21. The van der Waals surface area contributed by atoms with Crippen LogP contribution in [0.4, 0.5) is 5.69 Å². The Morgan fingerprint density at radius 2 is 1.73 bits per heavy atom. The van der Waals surface area contributed by atoms with E-state index in [1.54, 1.807) is 24.5 Å². The molecule has 0 spiro atoms. The van der Waals surface area contributed by atoms with Crippen LogP contribution >= 0.6 is 0 Å². The van der Waals surface area contributed by atoms with E-state index in [-0.39, 0.29) is 0 Å². The van der Waals surface area contributed by atoms with Crippen molar-refractivity contribution in [3.8, 4) is 0 Å². The van der Waals surface area contributed by atoms with Gasteiger partial charge >= 0.3 is 0 Å². The Balaban J connectivity index is 1.63. The maximum atomic E-state index is 12.8. The number of sulfonamides is 1. The highest BCUT2D eigenvalue weighted by molar-refractivity contribution is 7.96. The van der Waals surface area contributed by atoms with Crippen LogP contribution in [-0.4, -0.2) is 13.4 Å². The van der Waals surface area contributed by atoms with Gasteiger partial charge in [0.2, 0.25) is 0 Å². The summed E-state index contributed by atoms with van der Waals surface area (Å²) in [5.74, 6) is 0. The largest absolute Gasteiger partial charge is 0.279 e. The quantitative estimate of drug-likeness (QED) is 0.729. The molecule has 1 heterocycles. The molecule has 0 saturated heterocycles. The SMILES string of the molecule is O=S(=O)(Nc1cccc2cnccc12)C1=CC=C(c2ccccc2)CC1.